The molecule has 0 amide bonds. The van der Waals surface area contributed by atoms with Crippen molar-refractivity contribution in [2.24, 2.45) is 10.8 Å². The zero-order valence-electron chi connectivity index (χ0n) is 23.3. The molecule has 0 bridgehead atoms. The quantitative estimate of drug-likeness (QED) is 0.283. The van der Waals surface area contributed by atoms with Crippen molar-refractivity contribution in [3.05, 3.63) is 65.7 Å². The molecule has 2 aromatic carbocycles. The van der Waals surface area contributed by atoms with E-state index in [9.17, 15) is 19.5 Å². The Labute approximate surface area is 225 Å². The normalized spacial score (nSPS) is 19.5. The number of carbonyl (C=O) groups excluding carboxylic acids is 3. The number of aromatic hydroxyl groups is 1. The summed E-state index contributed by atoms with van der Waals surface area (Å²) in [6, 6.07) is 16.4. The highest BCUT2D eigenvalue weighted by atomic mass is 16.6. The molecule has 1 aliphatic heterocycles. The van der Waals surface area contributed by atoms with Crippen molar-refractivity contribution in [2.75, 3.05) is 6.61 Å². The Morgan fingerprint density at radius 2 is 1.61 bits per heavy atom. The molecule has 2 aromatic rings. The van der Waals surface area contributed by atoms with Gasteiger partial charge in [-0.2, -0.15) is 0 Å². The van der Waals surface area contributed by atoms with Crippen LogP contribution in [0.3, 0.4) is 0 Å². The molecule has 1 aliphatic rings. The molecule has 3 rings (SSSR count). The van der Waals surface area contributed by atoms with Crippen LogP contribution in [-0.2, 0) is 34.2 Å². The van der Waals surface area contributed by atoms with Gasteiger partial charge in [-0.05, 0) is 76.1 Å². The fourth-order valence-corrected chi connectivity index (χ4v) is 5.12. The Morgan fingerprint density at radius 1 is 0.974 bits per heavy atom. The molecule has 7 heteroatoms. The fourth-order valence-electron chi connectivity index (χ4n) is 5.12. The predicted octanol–water partition coefficient (Wildman–Crippen LogP) is 6.04. The van der Waals surface area contributed by atoms with Crippen molar-refractivity contribution in [1.82, 2.24) is 0 Å². The smallest absolute Gasteiger partial charge is 0.347 e. The Hall–Kier alpha value is -3.35. The number of rotatable bonds is 11. The minimum Gasteiger partial charge on any atom is -0.508 e. The Bertz CT molecular complexity index is 1120. The predicted molar refractivity (Wildman–Crippen MR) is 143 cm³/mol. The maximum atomic E-state index is 14.2. The van der Waals surface area contributed by atoms with Crippen molar-refractivity contribution >= 4 is 17.9 Å². The molecule has 0 spiro atoms. The van der Waals surface area contributed by atoms with E-state index in [1.165, 1.54) is 0 Å². The summed E-state index contributed by atoms with van der Waals surface area (Å²) in [5.41, 5.74) is -1.79. The van der Waals surface area contributed by atoms with Gasteiger partial charge in [-0.15, -0.1) is 0 Å². The lowest BCUT2D eigenvalue weighted by Gasteiger charge is -2.45. The summed E-state index contributed by atoms with van der Waals surface area (Å²) in [7, 11) is 0. The van der Waals surface area contributed by atoms with E-state index in [4.69, 9.17) is 14.2 Å². The van der Waals surface area contributed by atoms with E-state index in [0.29, 0.717) is 12.8 Å². The molecular weight excluding hydrogens is 484 g/mol. The molecule has 1 saturated heterocycles. The second kappa shape index (κ2) is 11.6. The van der Waals surface area contributed by atoms with Gasteiger partial charge < -0.3 is 19.3 Å². The van der Waals surface area contributed by atoms with Crippen LogP contribution in [0.2, 0.25) is 0 Å². The summed E-state index contributed by atoms with van der Waals surface area (Å²) in [5.74, 6) is -1.66. The summed E-state index contributed by atoms with van der Waals surface area (Å²) in [4.78, 5) is 40.1. The molecule has 1 fully saturated rings. The van der Waals surface area contributed by atoms with Gasteiger partial charge in [0, 0.05) is 6.42 Å². The minimum absolute atomic E-state index is 0.108. The van der Waals surface area contributed by atoms with E-state index in [2.05, 4.69) is 0 Å². The summed E-state index contributed by atoms with van der Waals surface area (Å²) in [6.45, 7) is 11.2. The molecule has 1 heterocycles. The third-order valence-corrected chi connectivity index (χ3v) is 8.29. The molecule has 1 N–H and O–H groups in total. The highest BCUT2D eigenvalue weighted by molar-refractivity contribution is 5.90. The average molecular weight is 525 g/mol. The number of hydrogen-bond acceptors (Lipinski definition) is 7. The second-order valence-corrected chi connectivity index (χ2v) is 11.0. The average Bonchev–Trinajstić information content (AvgIpc) is 3.31. The van der Waals surface area contributed by atoms with Crippen molar-refractivity contribution in [3.8, 4) is 5.75 Å². The van der Waals surface area contributed by atoms with Gasteiger partial charge in [0.1, 0.15) is 11.4 Å². The molecule has 38 heavy (non-hydrogen) atoms. The van der Waals surface area contributed by atoms with Gasteiger partial charge in [-0.1, -0.05) is 56.3 Å². The van der Waals surface area contributed by atoms with Crippen molar-refractivity contribution in [1.29, 1.82) is 0 Å². The standard InChI is InChI=1S/C31H40O7/c1-7-21(22-14-16-24(32)17-15-22)20-31(6,28(35)38-29(3,4)23-12-10-9-11-13-23)30(5,8-2)27(34)37-25-18-19-36-26(25)33/h9-17,21,25,32H,7-8,18-20H2,1-6H3. The molecule has 4 atom stereocenters. The molecule has 0 aromatic heterocycles. The van der Waals surface area contributed by atoms with Gasteiger partial charge >= 0.3 is 17.9 Å². The Balaban J connectivity index is 2.03. The van der Waals surface area contributed by atoms with E-state index in [1.54, 1.807) is 26.0 Å². The maximum absolute atomic E-state index is 14.2. The number of phenols is 1. The van der Waals surface area contributed by atoms with E-state index < -0.39 is 40.4 Å². The summed E-state index contributed by atoms with van der Waals surface area (Å²) >= 11 is 0. The zero-order chi connectivity index (χ0) is 28.1. The van der Waals surface area contributed by atoms with Crippen molar-refractivity contribution in [2.45, 2.75) is 84.8 Å². The number of phenolic OH excluding ortho intramolecular Hbond substituents is 1. The van der Waals surface area contributed by atoms with Crippen LogP contribution in [0.5, 0.6) is 5.75 Å². The number of ether oxygens (including phenoxy) is 3. The minimum atomic E-state index is -1.31. The van der Waals surface area contributed by atoms with Gasteiger partial charge in [0.15, 0.2) is 0 Å². The van der Waals surface area contributed by atoms with Crippen LogP contribution in [0, 0.1) is 10.8 Å². The largest absolute Gasteiger partial charge is 0.508 e. The van der Waals surface area contributed by atoms with E-state index in [0.717, 1.165) is 11.1 Å². The van der Waals surface area contributed by atoms with Crippen LogP contribution in [0.1, 0.15) is 84.3 Å². The van der Waals surface area contributed by atoms with Crippen LogP contribution in [0.25, 0.3) is 0 Å². The molecule has 0 radical (unpaired) electrons. The SMILES string of the molecule is CCC(CC(C)(C(=O)OC(C)(C)c1ccccc1)C(C)(CC)C(=O)OC1CCOC1=O)c1ccc(O)cc1. The van der Waals surface area contributed by atoms with E-state index in [-0.39, 0.29) is 31.1 Å². The molecule has 206 valence electrons. The van der Waals surface area contributed by atoms with Crippen molar-refractivity contribution < 1.29 is 33.7 Å². The second-order valence-electron chi connectivity index (χ2n) is 11.0. The van der Waals surface area contributed by atoms with Crippen LogP contribution >= 0.6 is 0 Å². The number of hydrogen-bond donors (Lipinski definition) is 1. The van der Waals surface area contributed by atoms with Gasteiger partial charge in [0.05, 0.1) is 17.4 Å². The molecule has 0 saturated carbocycles. The fraction of sp³-hybridized carbons (Fsp3) is 0.516. The zero-order valence-corrected chi connectivity index (χ0v) is 23.3. The Morgan fingerprint density at radius 3 is 2.13 bits per heavy atom. The summed E-state index contributed by atoms with van der Waals surface area (Å²) in [5, 5.41) is 9.79. The number of cyclic esters (lactones) is 1. The maximum Gasteiger partial charge on any atom is 0.347 e. The lowest BCUT2D eigenvalue weighted by atomic mass is 9.59. The molecule has 7 nitrogen and oxygen atoms in total. The first-order valence-corrected chi connectivity index (χ1v) is 13.3. The van der Waals surface area contributed by atoms with Gasteiger partial charge in [0.2, 0.25) is 6.10 Å². The third-order valence-electron chi connectivity index (χ3n) is 8.29. The summed E-state index contributed by atoms with van der Waals surface area (Å²) in [6.07, 6.45) is 0.592. The van der Waals surface area contributed by atoms with E-state index >= 15 is 0 Å². The van der Waals surface area contributed by atoms with Gasteiger partial charge in [-0.3, -0.25) is 9.59 Å². The first kappa shape index (κ1) is 29.2. The highest BCUT2D eigenvalue weighted by Crippen LogP contribution is 2.51. The first-order chi connectivity index (χ1) is 17.9. The van der Waals surface area contributed by atoms with E-state index in [1.807, 2.05) is 70.2 Å². The number of carbonyl (C=O) groups is 3. The monoisotopic (exact) mass is 524 g/mol. The first-order valence-electron chi connectivity index (χ1n) is 13.3. The van der Waals surface area contributed by atoms with Crippen LogP contribution in [-0.4, -0.2) is 35.7 Å². The van der Waals surface area contributed by atoms with Crippen LogP contribution in [0.15, 0.2) is 54.6 Å². The topological polar surface area (TPSA) is 99.1 Å². The third kappa shape index (κ3) is 5.87. The lowest BCUT2D eigenvalue weighted by molar-refractivity contribution is -0.192. The van der Waals surface area contributed by atoms with Crippen molar-refractivity contribution in [3.63, 3.8) is 0 Å². The highest BCUT2D eigenvalue weighted by Gasteiger charge is 2.58. The molecule has 0 aliphatic carbocycles. The Kier molecular flexibility index (Phi) is 8.90. The lowest BCUT2D eigenvalue weighted by Crippen LogP contribution is -2.53. The molecular formula is C31H40O7. The van der Waals surface area contributed by atoms with Crippen LogP contribution in [0.4, 0.5) is 0 Å². The van der Waals surface area contributed by atoms with Crippen LogP contribution < -0.4 is 0 Å². The molecule has 4 unspecified atom stereocenters. The van der Waals surface area contributed by atoms with Gasteiger partial charge in [0.25, 0.3) is 0 Å². The van der Waals surface area contributed by atoms with Gasteiger partial charge in [-0.25, -0.2) is 4.79 Å². The summed E-state index contributed by atoms with van der Waals surface area (Å²) < 4.78 is 16.9. The number of benzene rings is 2. The number of esters is 3.